The average Bonchev–Trinajstić information content (AvgIpc) is 3.37. The van der Waals surface area contributed by atoms with Crippen LogP contribution >= 0.6 is 11.6 Å². The molecule has 4 rings (SSSR count). The van der Waals surface area contributed by atoms with Gasteiger partial charge in [-0.2, -0.15) is 0 Å². The van der Waals surface area contributed by atoms with Gasteiger partial charge >= 0.3 is 5.97 Å². The summed E-state index contributed by atoms with van der Waals surface area (Å²) in [6.07, 6.45) is 3.28. The van der Waals surface area contributed by atoms with E-state index in [1.165, 1.54) is 10.8 Å². The summed E-state index contributed by atoms with van der Waals surface area (Å²) in [5.74, 6) is -2.16. The van der Waals surface area contributed by atoms with Crippen molar-refractivity contribution >= 4 is 39.8 Å². The summed E-state index contributed by atoms with van der Waals surface area (Å²) in [6.45, 7) is 4.01. The molecule has 0 radical (unpaired) electrons. The Morgan fingerprint density at radius 3 is 2.78 bits per heavy atom. The van der Waals surface area contributed by atoms with Gasteiger partial charge in [-0.15, -0.1) is 0 Å². The highest BCUT2D eigenvalue weighted by Crippen LogP contribution is 2.44. The van der Waals surface area contributed by atoms with E-state index in [9.17, 15) is 14.7 Å². The number of pyridine rings is 1. The normalized spacial score (nSPS) is 18.3. The predicted molar refractivity (Wildman–Crippen MR) is 102 cm³/mol. The van der Waals surface area contributed by atoms with Crippen molar-refractivity contribution < 1.29 is 14.3 Å². The van der Waals surface area contributed by atoms with Crippen LogP contribution in [-0.4, -0.2) is 40.8 Å². The van der Waals surface area contributed by atoms with Crippen LogP contribution in [0.3, 0.4) is 0 Å². The van der Waals surface area contributed by atoms with Crippen LogP contribution in [0.1, 0.15) is 30.1 Å². The smallest absolute Gasteiger partial charge is 0.341 e. The molecule has 9 heteroatoms. The summed E-state index contributed by atoms with van der Waals surface area (Å²) in [6, 6.07) is 0. The number of nitrogens with two attached hydrogens (primary N) is 1. The molecule has 144 valence electrons. The number of hydrogen-bond donors (Lipinski definition) is 3. The Morgan fingerprint density at radius 2 is 2.19 bits per heavy atom. The Kier molecular flexibility index (Phi) is 4.08. The number of benzene rings is 1. The Balaban J connectivity index is 2.01. The maximum atomic E-state index is 15.2. The molecule has 1 saturated heterocycles. The van der Waals surface area contributed by atoms with Gasteiger partial charge < -0.3 is 25.6 Å². The molecule has 7 nitrogen and oxygen atoms in total. The molecule has 27 heavy (non-hydrogen) atoms. The number of aromatic carboxylic acids is 1. The van der Waals surface area contributed by atoms with E-state index in [-0.39, 0.29) is 32.8 Å². The first kappa shape index (κ1) is 18.1. The fraction of sp³-hybridized carbons (Fsp3) is 0.444. The number of carboxylic acids is 1. The summed E-state index contributed by atoms with van der Waals surface area (Å²) in [5.41, 5.74) is 4.79. The molecule has 0 unspecified atom stereocenters. The molecule has 0 atom stereocenters. The molecular weight excluding hydrogens is 375 g/mol. The van der Waals surface area contributed by atoms with Gasteiger partial charge in [0.2, 0.25) is 5.43 Å². The number of fused-ring (bicyclic) bond motifs is 1. The fourth-order valence-corrected chi connectivity index (χ4v) is 4.31. The molecular formula is C18H20ClFN4O3. The van der Waals surface area contributed by atoms with Crippen LogP contribution in [0.15, 0.2) is 11.0 Å². The lowest BCUT2D eigenvalue weighted by molar-refractivity contribution is 0.0695. The average molecular weight is 395 g/mol. The summed E-state index contributed by atoms with van der Waals surface area (Å²) in [7, 11) is 0. The van der Waals surface area contributed by atoms with Gasteiger partial charge in [0, 0.05) is 37.9 Å². The first-order valence-corrected chi connectivity index (χ1v) is 9.24. The second-order valence-electron chi connectivity index (χ2n) is 7.21. The predicted octanol–water partition coefficient (Wildman–Crippen LogP) is 2.04. The summed E-state index contributed by atoms with van der Waals surface area (Å²) in [5, 5.41) is 12.7. The van der Waals surface area contributed by atoms with Crippen molar-refractivity contribution in [2.75, 3.05) is 30.3 Å². The molecule has 1 aromatic heterocycles. The van der Waals surface area contributed by atoms with Crippen LogP contribution in [0.5, 0.6) is 0 Å². The van der Waals surface area contributed by atoms with E-state index in [0.29, 0.717) is 26.2 Å². The number of halogens is 2. The van der Waals surface area contributed by atoms with E-state index in [2.05, 4.69) is 5.32 Å². The van der Waals surface area contributed by atoms with Gasteiger partial charge in [-0.1, -0.05) is 11.6 Å². The van der Waals surface area contributed by atoms with Crippen LogP contribution in [0, 0.1) is 5.82 Å². The van der Waals surface area contributed by atoms with Crippen LogP contribution in [0.4, 0.5) is 15.8 Å². The molecule has 2 fully saturated rings. The molecule has 1 aliphatic carbocycles. The number of nitrogens with one attached hydrogen (secondary N) is 1. The minimum absolute atomic E-state index is 0.00464. The monoisotopic (exact) mass is 394 g/mol. The highest BCUT2D eigenvalue weighted by molar-refractivity contribution is 6.38. The number of anilines is 2. The zero-order valence-corrected chi connectivity index (χ0v) is 15.6. The minimum atomic E-state index is -1.39. The van der Waals surface area contributed by atoms with Gasteiger partial charge in [-0.25, -0.2) is 9.18 Å². The lowest BCUT2D eigenvalue weighted by atomic mass is 10.1. The second kappa shape index (κ2) is 6.10. The van der Waals surface area contributed by atoms with Crippen LogP contribution in [0.25, 0.3) is 10.9 Å². The SMILES string of the molecule is CCn1cc(C(=O)O)c(=O)c2c(N)c(F)c(N3CCNC4(CC4)C3)c(Cl)c21. The summed E-state index contributed by atoms with van der Waals surface area (Å²) < 4.78 is 16.8. The molecule has 1 aliphatic heterocycles. The quantitative estimate of drug-likeness (QED) is 0.689. The van der Waals surface area contributed by atoms with E-state index < -0.39 is 22.8 Å². The van der Waals surface area contributed by atoms with Gasteiger partial charge in [0.15, 0.2) is 5.82 Å². The topological polar surface area (TPSA) is 101 Å². The highest BCUT2D eigenvalue weighted by Gasteiger charge is 2.46. The first-order chi connectivity index (χ1) is 12.8. The number of carbonyl (C=O) groups is 1. The van der Waals surface area contributed by atoms with Crippen molar-refractivity contribution in [2.45, 2.75) is 31.8 Å². The van der Waals surface area contributed by atoms with Crippen LogP contribution < -0.4 is 21.4 Å². The largest absolute Gasteiger partial charge is 0.477 e. The summed E-state index contributed by atoms with van der Waals surface area (Å²) in [4.78, 5) is 25.9. The van der Waals surface area contributed by atoms with Crippen molar-refractivity contribution in [3.8, 4) is 0 Å². The molecule has 4 N–H and O–H groups in total. The maximum absolute atomic E-state index is 15.2. The summed E-state index contributed by atoms with van der Waals surface area (Å²) >= 11 is 6.59. The molecule has 2 heterocycles. The minimum Gasteiger partial charge on any atom is -0.477 e. The molecule has 1 saturated carbocycles. The Bertz CT molecular complexity index is 1030. The highest BCUT2D eigenvalue weighted by atomic mass is 35.5. The van der Waals surface area contributed by atoms with Gasteiger partial charge in [-0.05, 0) is 19.8 Å². The molecule has 2 aliphatic rings. The maximum Gasteiger partial charge on any atom is 0.341 e. The van der Waals surface area contributed by atoms with Crippen LogP contribution in [0.2, 0.25) is 5.02 Å². The van der Waals surface area contributed by atoms with E-state index in [1.54, 1.807) is 6.92 Å². The third-order valence-corrected chi connectivity index (χ3v) is 5.88. The molecule has 1 aromatic carbocycles. The molecule has 2 aromatic rings. The third-order valence-electron chi connectivity index (χ3n) is 5.53. The Labute approximate surface area is 159 Å². The van der Waals surface area contributed by atoms with Crippen molar-refractivity contribution in [2.24, 2.45) is 0 Å². The van der Waals surface area contributed by atoms with Crippen LogP contribution in [-0.2, 0) is 6.54 Å². The Hall–Kier alpha value is -2.32. The van der Waals surface area contributed by atoms with Gasteiger partial charge in [0.1, 0.15) is 5.56 Å². The number of carboxylic acid groups (broad SMARTS) is 1. The van der Waals surface area contributed by atoms with Crippen molar-refractivity contribution in [3.05, 3.63) is 32.8 Å². The van der Waals surface area contributed by atoms with E-state index >= 15 is 4.39 Å². The van der Waals surface area contributed by atoms with E-state index in [4.69, 9.17) is 17.3 Å². The third kappa shape index (κ3) is 2.66. The van der Waals surface area contributed by atoms with Crippen molar-refractivity contribution in [1.82, 2.24) is 9.88 Å². The molecule has 0 bridgehead atoms. The Morgan fingerprint density at radius 1 is 1.48 bits per heavy atom. The second-order valence-corrected chi connectivity index (χ2v) is 7.58. The number of piperazine rings is 1. The zero-order chi connectivity index (χ0) is 19.5. The standard InChI is InChI=1S/C18H20ClFN4O3/c1-2-23-7-9(17(26)27)16(25)10-13(21)12(20)15(11(19)14(10)23)24-6-5-22-18(8-24)3-4-18/h7,22H,2-6,8,21H2,1H3,(H,26,27). The lowest BCUT2D eigenvalue weighted by Crippen LogP contribution is -2.53. The number of nitrogen functional groups attached to an aromatic ring is 1. The van der Waals surface area contributed by atoms with E-state index in [0.717, 1.165) is 12.8 Å². The van der Waals surface area contributed by atoms with Gasteiger partial charge in [0.25, 0.3) is 0 Å². The molecule has 1 spiro atoms. The number of aryl methyl sites for hydroxylation is 1. The number of rotatable bonds is 3. The first-order valence-electron chi connectivity index (χ1n) is 8.86. The number of aromatic nitrogens is 1. The van der Waals surface area contributed by atoms with Gasteiger partial charge in [0.05, 0.1) is 27.3 Å². The van der Waals surface area contributed by atoms with Crippen molar-refractivity contribution in [3.63, 3.8) is 0 Å². The number of hydrogen-bond acceptors (Lipinski definition) is 5. The molecule has 0 amide bonds. The zero-order valence-electron chi connectivity index (χ0n) is 14.8. The number of nitrogens with zero attached hydrogens (tertiary/aromatic N) is 2. The van der Waals surface area contributed by atoms with Crippen molar-refractivity contribution in [1.29, 1.82) is 0 Å². The van der Waals surface area contributed by atoms with E-state index in [1.807, 2.05) is 4.90 Å². The lowest BCUT2D eigenvalue weighted by Gasteiger charge is -2.36. The fourth-order valence-electron chi connectivity index (χ4n) is 3.91. The van der Waals surface area contributed by atoms with Gasteiger partial charge in [-0.3, -0.25) is 4.79 Å².